The fourth-order valence-corrected chi connectivity index (χ4v) is 2.31. The third-order valence-electron chi connectivity index (χ3n) is 2.47. The molecule has 0 aliphatic rings. The number of hydrogen-bond acceptors (Lipinski definition) is 2. The van der Waals surface area contributed by atoms with Gasteiger partial charge < -0.3 is 9.83 Å². The Morgan fingerprint density at radius 2 is 1.25 bits per heavy atom. The van der Waals surface area contributed by atoms with Crippen LogP contribution in [0.4, 0.5) is 0 Å². The molecule has 0 unspecified atom stereocenters. The van der Waals surface area contributed by atoms with Crippen molar-refractivity contribution < 1.29 is 4.43 Å². The van der Waals surface area contributed by atoms with Crippen molar-refractivity contribution in [3.63, 3.8) is 0 Å². The van der Waals surface area contributed by atoms with Gasteiger partial charge in [0.05, 0.1) is 6.10 Å². The summed E-state index contributed by atoms with van der Waals surface area (Å²) in [6.45, 7) is 0. The summed E-state index contributed by atoms with van der Waals surface area (Å²) in [4.78, 5) is 0. The normalized spacial score (nSPS) is 11.4. The van der Waals surface area contributed by atoms with E-state index >= 15 is 0 Å². The lowest BCUT2D eigenvalue weighted by Gasteiger charge is -2.17. The maximum atomic E-state index is 5.73. The summed E-state index contributed by atoms with van der Waals surface area (Å²) in [6.07, 6.45) is -0.0148. The molecule has 0 spiro atoms. The van der Waals surface area contributed by atoms with Crippen LogP contribution in [0, 0.1) is 0 Å². The Labute approximate surface area is 98.1 Å². The van der Waals surface area contributed by atoms with Crippen LogP contribution in [0.15, 0.2) is 60.7 Å². The summed E-state index contributed by atoms with van der Waals surface area (Å²) < 4.78 is 5.73. The first kappa shape index (κ1) is 11.1. The van der Waals surface area contributed by atoms with E-state index in [1.165, 1.54) is 0 Å². The Bertz CT molecular complexity index is 379. The standard InChI is InChI=1S/C13H15NOSi/c14-16-15-13(11-7-3-1-4-8-11)12-9-5-2-6-10-12/h1-10,13H,14,16H2. The number of benzene rings is 2. The summed E-state index contributed by atoms with van der Waals surface area (Å²) in [5.41, 5.74) is 2.32. The molecule has 16 heavy (non-hydrogen) atoms. The maximum Gasteiger partial charge on any atom is 0.234 e. The van der Waals surface area contributed by atoms with Gasteiger partial charge in [0, 0.05) is 0 Å². The highest BCUT2D eigenvalue weighted by atomic mass is 28.2. The highest BCUT2D eigenvalue weighted by molar-refractivity contribution is 6.22. The molecule has 0 heterocycles. The number of hydrogen-bond donors (Lipinski definition) is 1. The maximum absolute atomic E-state index is 5.73. The van der Waals surface area contributed by atoms with Gasteiger partial charge in [-0.2, -0.15) is 0 Å². The highest BCUT2D eigenvalue weighted by Crippen LogP contribution is 2.24. The van der Waals surface area contributed by atoms with Gasteiger partial charge in [-0.1, -0.05) is 60.7 Å². The third-order valence-corrected chi connectivity index (χ3v) is 2.99. The minimum absolute atomic E-state index is 0.0148. The van der Waals surface area contributed by atoms with Gasteiger partial charge in [-0.05, 0) is 11.1 Å². The minimum atomic E-state index is -0.921. The lowest BCUT2D eigenvalue weighted by atomic mass is 10.0. The molecule has 0 fully saturated rings. The van der Waals surface area contributed by atoms with Gasteiger partial charge >= 0.3 is 0 Å². The van der Waals surface area contributed by atoms with Crippen molar-refractivity contribution >= 4 is 9.92 Å². The zero-order valence-corrected chi connectivity index (χ0v) is 10.5. The van der Waals surface area contributed by atoms with E-state index in [0.717, 1.165) is 11.1 Å². The van der Waals surface area contributed by atoms with Gasteiger partial charge in [0.2, 0.25) is 9.92 Å². The Balaban J connectivity index is 2.31. The first-order valence-electron chi connectivity index (χ1n) is 5.33. The number of nitrogens with two attached hydrogens (primary N) is 1. The van der Waals surface area contributed by atoms with Crippen LogP contribution in [0.1, 0.15) is 17.2 Å². The van der Waals surface area contributed by atoms with Crippen LogP contribution in [0.5, 0.6) is 0 Å². The van der Waals surface area contributed by atoms with E-state index in [4.69, 9.17) is 9.83 Å². The molecule has 0 saturated heterocycles. The molecule has 0 aliphatic heterocycles. The zero-order chi connectivity index (χ0) is 11.2. The molecule has 0 aliphatic carbocycles. The van der Waals surface area contributed by atoms with Crippen molar-refractivity contribution in [1.29, 1.82) is 0 Å². The molecule has 0 saturated carbocycles. The van der Waals surface area contributed by atoms with Crippen LogP contribution in [0.3, 0.4) is 0 Å². The molecule has 2 rings (SSSR count). The molecule has 0 bridgehead atoms. The molecule has 2 aromatic carbocycles. The molecule has 2 nitrogen and oxygen atoms in total. The Hall–Kier alpha value is -1.42. The Morgan fingerprint density at radius 1 is 0.812 bits per heavy atom. The van der Waals surface area contributed by atoms with Crippen LogP contribution in [-0.4, -0.2) is 9.92 Å². The second-order valence-electron chi connectivity index (χ2n) is 3.53. The molecule has 3 heteroatoms. The largest absolute Gasteiger partial charge is 0.398 e. The van der Waals surface area contributed by atoms with E-state index in [2.05, 4.69) is 24.3 Å². The molecular weight excluding hydrogens is 214 g/mol. The SMILES string of the molecule is N[SiH2]OC(c1ccccc1)c1ccccc1. The van der Waals surface area contributed by atoms with Crippen LogP contribution in [-0.2, 0) is 4.43 Å². The van der Waals surface area contributed by atoms with E-state index in [1.807, 2.05) is 36.4 Å². The van der Waals surface area contributed by atoms with Crippen LogP contribution >= 0.6 is 0 Å². The molecule has 2 N–H and O–H groups in total. The predicted octanol–water partition coefficient (Wildman–Crippen LogP) is 1.75. The topological polar surface area (TPSA) is 35.2 Å². The fraction of sp³-hybridized carbons (Fsp3) is 0.0769. The summed E-state index contributed by atoms with van der Waals surface area (Å²) in [6, 6.07) is 20.4. The summed E-state index contributed by atoms with van der Waals surface area (Å²) in [5, 5.41) is 5.62. The quantitative estimate of drug-likeness (QED) is 0.811. The summed E-state index contributed by atoms with van der Waals surface area (Å²) in [5.74, 6) is 0. The Kier molecular flexibility index (Phi) is 3.88. The lowest BCUT2D eigenvalue weighted by Crippen LogP contribution is -2.16. The van der Waals surface area contributed by atoms with Crippen LogP contribution < -0.4 is 5.40 Å². The smallest absolute Gasteiger partial charge is 0.234 e. The predicted molar refractivity (Wildman–Crippen MR) is 68.5 cm³/mol. The fourth-order valence-electron chi connectivity index (χ4n) is 1.74. The van der Waals surface area contributed by atoms with Gasteiger partial charge in [-0.25, -0.2) is 0 Å². The second-order valence-corrected chi connectivity index (χ2v) is 4.20. The van der Waals surface area contributed by atoms with Crippen molar-refractivity contribution in [2.45, 2.75) is 6.10 Å². The molecule has 0 aromatic heterocycles. The summed E-state index contributed by atoms with van der Waals surface area (Å²) >= 11 is 0. The molecule has 82 valence electrons. The molecule has 0 amide bonds. The highest BCUT2D eigenvalue weighted by Gasteiger charge is 2.12. The average Bonchev–Trinajstić information content (AvgIpc) is 2.38. The molecule has 0 atom stereocenters. The van der Waals surface area contributed by atoms with Crippen LogP contribution in [0.25, 0.3) is 0 Å². The molecule has 2 aromatic rings. The first-order chi connectivity index (χ1) is 7.92. The molecule has 0 radical (unpaired) electrons. The van der Waals surface area contributed by atoms with Gasteiger partial charge in [0.15, 0.2) is 0 Å². The lowest BCUT2D eigenvalue weighted by molar-refractivity contribution is 0.261. The van der Waals surface area contributed by atoms with Crippen molar-refractivity contribution in [3.05, 3.63) is 71.8 Å². The van der Waals surface area contributed by atoms with Gasteiger partial charge in [0.1, 0.15) is 0 Å². The van der Waals surface area contributed by atoms with Crippen molar-refractivity contribution in [2.24, 2.45) is 5.40 Å². The third kappa shape index (κ3) is 2.58. The van der Waals surface area contributed by atoms with Gasteiger partial charge in [-0.15, -0.1) is 0 Å². The summed E-state index contributed by atoms with van der Waals surface area (Å²) in [7, 11) is -0.921. The van der Waals surface area contributed by atoms with E-state index in [1.54, 1.807) is 0 Å². The van der Waals surface area contributed by atoms with Gasteiger partial charge in [0.25, 0.3) is 0 Å². The van der Waals surface area contributed by atoms with Crippen molar-refractivity contribution in [2.75, 3.05) is 0 Å². The minimum Gasteiger partial charge on any atom is -0.398 e. The molecular formula is C13H15NOSi. The Morgan fingerprint density at radius 3 is 1.62 bits per heavy atom. The first-order valence-corrected chi connectivity index (χ1v) is 6.73. The monoisotopic (exact) mass is 229 g/mol. The van der Waals surface area contributed by atoms with Crippen molar-refractivity contribution in [1.82, 2.24) is 0 Å². The second kappa shape index (κ2) is 5.60. The average molecular weight is 229 g/mol. The van der Waals surface area contributed by atoms with E-state index in [9.17, 15) is 0 Å². The van der Waals surface area contributed by atoms with Crippen molar-refractivity contribution in [3.8, 4) is 0 Å². The number of rotatable bonds is 4. The van der Waals surface area contributed by atoms with E-state index < -0.39 is 9.92 Å². The van der Waals surface area contributed by atoms with Gasteiger partial charge in [-0.3, -0.25) is 0 Å². The van der Waals surface area contributed by atoms with E-state index in [0.29, 0.717) is 0 Å². The van der Waals surface area contributed by atoms with Crippen LogP contribution in [0.2, 0.25) is 0 Å². The van der Waals surface area contributed by atoms with E-state index in [-0.39, 0.29) is 6.10 Å². The zero-order valence-electron chi connectivity index (χ0n) is 9.04.